The summed E-state index contributed by atoms with van der Waals surface area (Å²) in [7, 11) is -3.89. The monoisotopic (exact) mass is 598 g/mol. The molecule has 6 rings (SSSR count). The second-order valence-electron chi connectivity index (χ2n) is 12.7. The Hall–Kier alpha value is -2.55. The molecule has 1 amide bonds. The lowest BCUT2D eigenvalue weighted by Gasteiger charge is -2.45. The van der Waals surface area contributed by atoms with Crippen LogP contribution in [-0.4, -0.2) is 50.5 Å². The van der Waals surface area contributed by atoms with Crippen LogP contribution < -0.4 is 14.4 Å². The van der Waals surface area contributed by atoms with Crippen molar-refractivity contribution in [2.75, 3.05) is 24.6 Å². The maximum absolute atomic E-state index is 13.3. The highest BCUT2D eigenvalue weighted by Crippen LogP contribution is 2.46. The van der Waals surface area contributed by atoms with Crippen LogP contribution in [0.3, 0.4) is 0 Å². The number of anilines is 1. The number of carbonyl (C=O) groups excluding carboxylic acids is 1. The van der Waals surface area contributed by atoms with Gasteiger partial charge >= 0.3 is 0 Å². The van der Waals surface area contributed by atoms with Crippen molar-refractivity contribution in [1.29, 1.82) is 0 Å². The summed E-state index contributed by atoms with van der Waals surface area (Å²) in [5, 5.41) is 11.1. The molecule has 0 radical (unpaired) electrons. The average molecular weight is 599 g/mol. The number of halogens is 1. The molecule has 4 unspecified atom stereocenters. The lowest BCUT2D eigenvalue weighted by Crippen LogP contribution is -2.49. The Morgan fingerprint density at radius 2 is 1.95 bits per heavy atom. The first-order chi connectivity index (χ1) is 19.5. The Bertz CT molecular complexity index is 1480. The molecule has 220 valence electrons. The minimum atomic E-state index is -3.89. The molecule has 9 heteroatoms. The third kappa shape index (κ3) is 5.51. The number of aliphatic hydroxyl groups is 1. The molecule has 2 heterocycles. The molecule has 2 bridgehead atoms. The van der Waals surface area contributed by atoms with Crippen molar-refractivity contribution < 1.29 is 23.1 Å². The zero-order chi connectivity index (χ0) is 28.9. The van der Waals surface area contributed by atoms with Crippen LogP contribution in [0.2, 0.25) is 5.02 Å². The van der Waals surface area contributed by atoms with Crippen LogP contribution in [0.5, 0.6) is 5.75 Å². The Morgan fingerprint density at radius 1 is 1.12 bits per heavy atom. The summed E-state index contributed by atoms with van der Waals surface area (Å²) < 4.78 is 34.9. The molecule has 2 N–H and O–H groups in total. The molecule has 1 fully saturated rings. The summed E-state index contributed by atoms with van der Waals surface area (Å²) in [5.74, 6) is 0.391. The summed E-state index contributed by atoms with van der Waals surface area (Å²) in [6.45, 7) is 5.46. The number of amides is 1. The van der Waals surface area contributed by atoms with Crippen LogP contribution in [0, 0.1) is 17.8 Å². The van der Waals surface area contributed by atoms with Gasteiger partial charge in [0.1, 0.15) is 5.75 Å². The van der Waals surface area contributed by atoms with E-state index in [0.29, 0.717) is 31.9 Å². The first-order valence-corrected chi connectivity index (χ1v) is 16.7. The molecule has 2 aromatic carbocycles. The maximum Gasteiger partial charge on any atom is 0.264 e. The second-order valence-corrected chi connectivity index (χ2v) is 15.2. The number of carbonyl (C=O) groups is 1. The van der Waals surface area contributed by atoms with Gasteiger partial charge in [0.2, 0.25) is 10.0 Å². The first-order valence-electron chi connectivity index (χ1n) is 14.8. The van der Waals surface area contributed by atoms with Crippen LogP contribution in [0.4, 0.5) is 5.69 Å². The van der Waals surface area contributed by atoms with Crippen LogP contribution in [0.25, 0.3) is 0 Å². The molecule has 6 atom stereocenters. The molecule has 1 saturated carbocycles. The van der Waals surface area contributed by atoms with E-state index < -0.39 is 27.3 Å². The fourth-order valence-electron chi connectivity index (χ4n) is 7.27. The van der Waals surface area contributed by atoms with Crippen molar-refractivity contribution in [3.05, 3.63) is 70.3 Å². The molecular weight excluding hydrogens is 560 g/mol. The van der Waals surface area contributed by atoms with E-state index >= 15 is 0 Å². The number of nitrogens with zero attached hydrogens (tertiary/aromatic N) is 1. The lowest BCUT2D eigenvalue weighted by atomic mass is 9.68. The third-order valence-corrected chi connectivity index (χ3v) is 11.7. The van der Waals surface area contributed by atoms with Gasteiger partial charge in [0.25, 0.3) is 5.91 Å². The first kappa shape index (κ1) is 28.6. The Balaban J connectivity index is 1.42. The quantitative estimate of drug-likeness (QED) is 0.403. The molecule has 7 nitrogen and oxygen atoms in total. The van der Waals surface area contributed by atoms with Gasteiger partial charge in [-0.1, -0.05) is 36.7 Å². The van der Waals surface area contributed by atoms with Gasteiger partial charge < -0.3 is 14.7 Å². The second kappa shape index (κ2) is 10.9. The van der Waals surface area contributed by atoms with Crippen LogP contribution in [-0.2, 0) is 21.9 Å². The summed E-state index contributed by atoms with van der Waals surface area (Å²) in [5.41, 5.74) is 3.33. The highest BCUT2D eigenvalue weighted by Gasteiger charge is 2.44. The predicted molar refractivity (Wildman–Crippen MR) is 161 cm³/mol. The number of ether oxygens (including phenoxy) is 1. The Kier molecular flexibility index (Phi) is 7.62. The number of fused-ring (bicyclic) bond motifs is 4. The Labute approximate surface area is 248 Å². The van der Waals surface area contributed by atoms with Crippen molar-refractivity contribution in [2.24, 2.45) is 17.8 Å². The minimum absolute atomic E-state index is 0.0638. The SMILES string of the molecule is C[C@@H]1/C=C/C(O)C2CCC2CN2CC3(CCCc4cc(Cl)ccc43)COc3ccc(cc32)C(=O)NS(=O)(=O)[C@@H](C)C1. The summed E-state index contributed by atoms with van der Waals surface area (Å²) in [4.78, 5) is 15.6. The number of nitrogens with one attached hydrogen (secondary N) is 1. The van der Waals surface area contributed by atoms with E-state index in [1.165, 1.54) is 11.1 Å². The van der Waals surface area contributed by atoms with E-state index in [9.17, 15) is 18.3 Å². The van der Waals surface area contributed by atoms with Crippen molar-refractivity contribution in [3.8, 4) is 5.75 Å². The molecular formula is C32H39ClN2O5S. The fraction of sp³-hybridized carbons (Fsp3) is 0.531. The molecule has 0 saturated heterocycles. The smallest absolute Gasteiger partial charge is 0.264 e. The van der Waals surface area contributed by atoms with Crippen molar-refractivity contribution >= 4 is 33.2 Å². The zero-order valence-electron chi connectivity index (χ0n) is 23.7. The largest absolute Gasteiger partial charge is 0.490 e. The molecule has 2 aliphatic carbocycles. The molecule has 1 spiro atoms. The third-order valence-electron chi connectivity index (χ3n) is 9.77. The van der Waals surface area contributed by atoms with Gasteiger partial charge in [0, 0.05) is 29.1 Å². The highest BCUT2D eigenvalue weighted by molar-refractivity contribution is 7.90. The number of allylic oxidation sites excluding steroid dienone is 1. The number of hydrogen-bond acceptors (Lipinski definition) is 6. The van der Waals surface area contributed by atoms with Crippen molar-refractivity contribution in [2.45, 2.75) is 69.1 Å². The van der Waals surface area contributed by atoms with E-state index in [1.54, 1.807) is 25.1 Å². The number of benzene rings is 2. The van der Waals surface area contributed by atoms with E-state index in [-0.39, 0.29) is 28.7 Å². The maximum atomic E-state index is 13.3. The number of aliphatic hydroxyl groups excluding tert-OH is 1. The topological polar surface area (TPSA) is 95.9 Å². The van der Waals surface area contributed by atoms with Crippen molar-refractivity contribution in [3.63, 3.8) is 0 Å². The normalized spacial score (nSPS) is 33.8. The van der Waals surface area contributed by atoms with Gasteiger partial charge in [-0.2, -0.15) is 0 Å². The number of sulfonamides is 1. The zero-order valence-corrected chi connectivity index (χ0v) is 25.3. The number of aryl methyl sites for hydroxylation is 1. The number of hydrogen-bond donors (Lipinski definition) is 2. The molecule has 41 heavy (non-hydrogen) atoms. The van der Waals surface area contributed by atoms with Gasteiger partial charge in [0.15, 0.2) is 0 Å². The van der Waals surface area contributed by atoms with E-state index in [4.69, 9.17) is 16.3 Å². The van der Waals surface area contributed by atoms with E-state index in [2.05, 4.69) is 21.8 Å². The minimum Gasteiger partial charge on any atom is -0.490 e. The molecule has 4 aliphatic rings. The van der Waals surface area contributed by atoms with Gasteiger partial charge in [0.05, 0.1) is 23.6 Å². The number of rotatable bonds is 0. The van der Waals surface area contributed by atoms with Gasteiger partial charge in [-0.05, 0) is 105 Å². The van der Waals surface area contributed by atoms with Gasteiger partial charge in [-0.3, -0.25) is 4.79 Å². The Morgan fingerprint density at radius 3 is 2.73 bits per heavy atom. The van der Waals surface area contributed by atoms with E-state index in [0.717, 1.165) is 42.8 Å². The van der Waals surface area contributed by atoms with Crippen LogP contribution in [0.1, 0.15) is 67.4 Å². The van der Waals surface area contributed by atoms with Gasteiger partial charge in [-0.15, -0.1) is 0 Å². The van der Waals surface area contributed by atoms with Crippen LogP contribution in [0.15, 0.2) is 48.6 Å². The predicted octanol–water partition coefficient (Wildman–Crippen LogP) is 5.24. The molecule has 2 aromatic rings. The summed E-state index contributed by atoms with van der Waals surface area (Å²) in [6, 6.07) is 11.4. The van der Waals surface area contributed by atoms with Crippen molar-refractivity contribution in [1.82, 2.24) is 4.72 Å². The highest BCUT2D eigenvalue weighted by atomic mass is 35.5. The summed E-state index contributed by atoms with van der Waals surface area (Å²) in [6.07, 6.45) is 8.45. The average Bonchev–Trinajstić information content (AvgIpc) is 3.06. The standard InChI is InChI=1S/C32H39ClN2O5S/c1-20-5-11-29(36)26-9-6-24(26)17-35-18-32(13-3-4-22-15-25(33)8-10-27(22)32)19-40-30-12-7-23(16-28(30)35)31(37)34-41(38,39)21(2)14-20/h5,7-8,10-12,15-16,20-21,24,26,29,36H,3-4,6,9,13-14,17-19H2,1-2H3,(H,34,37)/b11-5+/t20-,21+,24?,26?,29?,32?/m1/s1. The van der Waals surface area contributed by atoms with Gasteiger partial charge in [-0.25, -0.2) is 13.1 Å². The fourth-order valence-corrected chi connectivity index (χ4v) is 8.60. The van der Waals surface area contributed by atoms with E-state index in [1.807, 2.05) is 25.1 Å². The molecule has 2 aliphatic heterocycles. The summed E-state index contributed by atoms with van der Waals surface area (Å²) >= 11 is 6.38. The lowest BCUT2D eigenvalue weighted by molar-refractivity contribution is 0.0454. The molecule has 0 aromatic heterocycles. The van der Waals surface area contributed by atoms with Crippen LogP contribution >= 0.6 is 11.6 Å².